The van der Waals surface area contributed by atoms with Crippen LogP contribution >= 0.6 is 0 Å². The van der Waals surface area contributed by atoms with Gasteiger partial charge in [-0.1, -0.05) is 25.1 Å². The van der Waals surface area contributed by atoms with Crippen molar-refractivity contribution in [2.24, 2.45) is 0 Å². The van der Waals surface area contributed by atoms with E-state index in [-0.39, 0.29) is 5.91 Å². The molecule has 0 saturated carbocycles. The van der Waals surface area contributed by atoms with Crippen LogP contribution in [-0.2, 0) is 4.79 Å². The Morgan fingerprint density at radius 2 is 2.19 bits per heavy atom. The SMILES string of the molecule is CCCNC(=O)C(C)Nc1nc2ccccc2cc1C#N. The Kier molecular flexibility index (Phi) is 4.72. The van der Waals surface area contributed by atoms with Gasteiger partial charge in [-0.15, -0.1) is 0 Å². The van der Waals surface area contributed by atoms with E-state index in [1.54, 1.807) is 13.0 Å². The molecule has 0 radical (unpaired) electrons. The van der Waals surface area contributed by atoms with E-state index in [9.17, 15) is 10.1 Å². The predicted molar refractivity (Wildman–Crippen MR) is 82.8 cm³/mol. The van der Waals surface area contributed by atoms with Crippen molar-refractivity contribution < 1.29 is 4.79 Å². The van der Waals surface area contributed by atoms with Crippen molar-refractivity contribution in [1.82, 2.24) is 10.3 Å². The van der Waals surface area contributed by atoms with Crippen LogP contribution in [0.2, 0.25) is 0 Å². The molecule has 1 amide bonds. The Hall–Kier alpha value is -2.61. The van der Waals surface area contributed by atoms with Gasteiger partial charge in [-0.2, -0.15) is 5.26 Å². The minimum absolute atomic E-state index is 0.101. The van der Waals surface area contributed by atoms with Gasteiger partial charge in [0.25, 0.3) is 0 Å². The van der Waals surface area contributed by atoms with Gasteiger partial charge in [0.15, 0.2) is 0 Å². The molecular weight excluding hydrogens is 264 g/mol. The maximum absolute atomic E-state index is 11.9. The third kappa shape index (κ3) is 3.48. The largest absolute Gasteiger partial charge is 0.358 e. The molecule has 21 heavy (non-hydrogen) atoms. The Morgan fingerprint density at radius 1 is 1.43 bits per heavy atom. The van der Waals surface area contributed by atoms with Crippen molar-refractivity contribution in [2.75, 3.05) is 11.9 Å². The average molecular weight is 282 g/mol. The summed E-state index contributed by atoms with van der Waals surface area (Å²) in [6.07, 6.45) is 0.885. The topological polar surface area (TPSA) is 77.8 Å². The summed E-state index contributed by atoms with van der Waals surface area (Å²) < 4.78 is 0. The predicted octanol–water partition coefficient (Wildman–Crippen LogP) is 2.43. The van der Waals surface area contributed by atoms with E-state index >= 15 is 0 Å². The second-order valence-electron chi connectivity index (χ2n) is 4.85. The van der Waals surface area contributed by atoms with E-state index < -0.39 is 6.04 Å². The normalized spacial score (nSPS) is 11.7. The van der Waals surface area contributed by atoms with Gasteiger partial charge in [-0.05, 0) is 25.5 Å². The summed E-state index contributed by atoms with van der Waals surface area (Å²) in [5.41, 5.74) is 1.23. The number of hydrogen-bond acceptors (Lipinski definition) is 4. The van der Waals surface area contributed by atoms with Crippen LogP contribution in [0, 0.1) is 11.3 Å². The van der Waals surface area contributed by atoms with E-state index in [2.05, 4.69) is 21.7 Å². The van der Waals surface area contributed by atoms with Crippen LogP contribution in [0.15, 0.2) is 30.3 Å². The molecule has 1 aromatic carbocycles. The van der Waals surface area contributed by atoms with Crippen LogP contribution in [0.5, 0.6) is 0 Å². The summed E-state index contributed by atoms with van der Waals surface area (Å²) >= 11 is 0. The van der Waals surface area contributed by atoms with Crippen molar-refractivity contribution in [2.45, 2.75) is 26.3 Å². The van der Waals surface area contributed by atoms with Crippen LogP contribution < -0.4 is 10.6 Å². The molecule has 2 rings (SSSR count). The second-order valence-corrected chi connectivity index (χ2v) is 4.85. The number of nitrogens with zero attached hydrogens (tertiary/aromatic N) is 2. The number of pyridine rings is 1. The number of hydrogen-bond donors (Lipinski definition) is 2. The first-order valence-corrected chi connectivity index (χ1v) is 7.00. The van der Waals surface area contributed by atoms with Gasteiger partial charge < -0.3 is 10.6 Å². The monoisotopic (exact) mass is 282 g/mol. The van der Waals surface area contributed by atoms with Gasteiger partial charge in [-0.3, -0.25) is 4.79 Å². The van der Waals surface area contributed by atoms with Gasteiger partial charge in [0.05, 0.1) is 11.1 Å². The number of fused-ring (bicyclic) bond motifs is 1. The molecule has 0 spiro atoms. The minimum atomic E-state index is -0.447. The summed E-state index contributed by atoms with van der Waals surface area (Å²) in [5, 5.41) is 16.0. The number of carbonyl (C=O) groups is 1. The fraction of sp³-hybridized carbons (Fsp3) is 0.312. The molecule has 5 heteroatoms. The van der Waals surface area contributed by atoms with Crippen LogP contribution in [0.1, 0.15) is 25.8 Å². The Bertz CT molecular complexity index is 690. The molecule has 1 atom stereocenters. The van der Waals surface area contributed by atoms with Crippen molar-refractivity contribution >= 4 is 22.6 Å². The molecule has 2 aromatic rings. The van der Waals surface area contributed by atoms with Gasteiger partial charge in [0, 0.05) is 11.9 Å². The lowest BCUT2D eigenvalue weighted by Gasteiger charge is -2.15. The Balaban J connectivity index is 2.25. The number of anilines is 1. The van der Waals surface area contributed by atoms with E-state index in [0.29, 0.717) is 17.9 Å². The number of carbonyl (C=O) groups excluding carboxylic acids is 1. The highest BCUT2D eigenvalue weighted by atomic mass is 16.2. The lowest BCUT2D eigenvalue weighted by Crippen LogP contribution is -2.38. The first kappa shape index (κ1) is 14.8. The maximum atomic E-state index is 11.9. The van der Waals surface area contributed by atoms with Gasteiger partial charge in [0.1, 0.15) is 17.9 Å². The molecule has 108 valence electrons. The van der Waals surface area contributed by atoms with Gasteiger partial charge in [-0.25, -0.2) is 4.98 Å². The number of rotatable bonds is 5. The van der Waals surface area contributed by atoms with E-state index in [1.165, 1.54) is 0 Å². The van der Waals surface area contributed by atoms with Crippen LogP contribution in [0.4, 0.5) is 5.82 Å². The number of nitriles is 1. The van der Waals surface area contributed by atoms with E-state index in [4.69, 9.17) is 0 Å². The van der Waals surface area contributed by atoms with Crippen LogP contribution in [0.25, 0.3) is 10.9 Å². The molecule has 1 unspecified atom stereocenters. The zero-order valence-electron chi connectivity index (χ0n) is 12.2. The summed E-state index contributed by atoms with van der Waals surface area (Å²) in [6.45, 7) is 4.39. The smallest absolute Gasteiger partial charge is 0.242 e. The highest BCUT2D eigenvalue weighted by molar-refractivity contribution is 5.86. The van der Waals surface area contributed by atoms with Gasteiger partial charge >= 0.3 is 0 Å². The Morgan fingerprint density at radius 3 is 2.90 bits per heavy atom. The third-order valence-corrected chi connectivity index (χ3v) is 3.14. The number of aromatic nitrogens is 1. The lowest BCUT2D eigenvalue weighted by atomic mass is 10.1. The second kappa shape index (κ2) is 6.71. The molecule has 0 saturated heterocycles. The van der Waals surface area contributed by atoms with Crippen LogP contribution in [0.3, 0.4) is 0 Å². The van der Waals surface area contributed by atoms with Crippen molar-refractivity contribution in [1.29, 1.82) is 5.26 Å². The average Bonchev–Trinajstić information content (AvgIpc) is 2.51. The Labute approximate surface area is 124 Å². The maximum Gasteiger partial charge on any atom is 0.242 e. The van der Waals surface area contributed by atoms with Crippen molar-refractivity contribution in [3.05, 3.63) is 35.9 Å². The minimum Gasteiger partial charge on any atom is -0.358 e. The zero-order valence-corrected chi connectivity index (χ0v) is 12.2. The molecule has 0 aliphatic heterocycles. The molecule has 0 bridgehead atoms. The lowest BCUT2D eigenvalue weighted by molar-refractivity contribution is -0.121. The number of benzene rings is 1. The molecule has 0 aliphatic rings. The molecular formula is C16H18N4O. The molecule has 0 fully saturated rings. The fourth-order valence-electron chi connectivity index (χ4n) is 1.98. The zero-order chi connectivity index (χ0) is 15.2. The number of para-hydroxylation sites is 1. The number of nitrogens with one attached hydrogen (secondary N) is 2. The quantitative estimate of drug-likeness (QED) is 0.883. The molecule has 0 aliphatic carbocycles. The summed E-state index contributed by atoms with van der Waals surface area (Å²) in [7, 11) is 0. The molecule has 1 heterocycles. The highest BCUT2D eigenvalue weighted by Gasteiger charge is 2.15. The highest BCUT2D eigenvalue weighted by Crippen LogP contribution is 2.20. The first-order valence-electron chi connectivity index (χ1n) is 7.00. The summed E-state index contributed by atoms with van der Waals surface area (Å²) in [5.74, 6) is 0.339. The first-order chi connectivity index (χ1) is 10.2. The van der Waals surface area contributed by atoms with Crippen molar-refractivity contribution in [3.63, 3.8) is 0 Å². The van der Waals surface area contributed by atoms with E-state index in [0.717, 1.165) is 17.3 Å². The number of amides is 1. The molecule has 2 N–H and O–H groups in total. The molecule has 1 aromatic heterocycles. The van der Waals surface area contributed by atoms with Gasteiger partial charge in [0.2, 0.25) is 5.91 Å². The van der Waals surface area contributed by atoms with E-state index in [1.807, 2.05) is 31.2 Å². The third-order valence-electron chi connectivity index (χ3n) is 3.14. The standard InChI is InChI=1S/C16H18N4O/c1-3-8-18-16(21)11(2)19-15-13(10-17)9-12-6-4-5-7-14(12)20-15/h4-7,9,11H,3,8H2,1-2H3,(H,18,21)(H,19,20). The fourth-order valence-corrected chi connectivity index (χ4v) is 1.98. The molecule has 5 nitrogen and oxygen atoms in total. The summed E-state index contributed by atoms with van der Waals surface area (Å²) in [6, 6.07) is 11.0. The van der Waals surface area contributed by atoms with Crippen LogP contribution in [-0.4, -0.2) is 23.5 Å². The summed E-state index contributed by atoms with van der Waals surface area (Å²) in [4.78, 5) is 16.3. The van der Waals surface area contributed by atoms with Crippen molar-refractivity contribution in [3.8, 4) is 6.07 Å².